The predicted molar refractivity (Wildman–Crippen MR) is 95.7 cm³/mol. The molecule has 2 rings (SSSR count). The van der Waals surface area contributed by atoms with Crippen LogP contribution in [0, 0.1) is 11.3 Å². The number of halogens is 1. The minimum Gasteiger partial charge on any atom is -0.497 e. The van der Waals surface area contributed by atoms with Gasteiger partial charge in [0.2, 0.25) is 5.91 Å². The minimum atomic E-state index is -0.280. The molecule has 0 spiro atoms. The fourth-order valence-electron chi connectivity index (χ4n) is 2.26. The predicted octanol–water partition coefficient (Wildman–Crippen LogP) is 3.50. The van der Waals surface area contributed by atoms with Gasteiger partial charge in [-0.25, -0.2) is 0 Å². The number of hydrogen-bond acceptors (Lipinski definition) is 4. The molecule has 2 aromatic carbocycles. The highest BCUT2D eigenvalue weighted by atomic mass is 35.5. The quantitative estimate of drug-likeness (QED) is 0.784. The van der Waals surface area contributed by atoms with E-state index in [9.17, 15) is 4.79 Å². The summed E-state index contributed by atoms with van der Waals surface area (Å²) in [5.74, 6) is 1.10. The molecule has 0 aromatic heterocycles. The largest absolute Gasteiger partial charge is 0.497 e. The number of ether oxygens (including phenoxy) is 2. The van der Waals surface area contributed by atoms with Gasteiger partial charge in [-0.15, -0.1) is 0 Å². The number of nitrogens with one attached hydrogen (secondary N) is 1. The van der Waals surface area contributed by atoms with Crippen molar-refractivity contribution in [2.45, 2.75) is 19.4 Å². The van der Waals surface area contributed by atoms with E-state index in [1.54, 1.807) is 7.11 Å². The average Bonchev–Trinajstić information content (AvgIpc) is 2.61. The first-order valence-electron chi connectivity index (χ1n) is 7.80. The van der Waals surface area contributed by atoms with Crippen LogP contribution in [0.15, 0.2) is 42.5 Å². The lowest BCUT2D eigenvalue weighted by atomic mass is 10.1. The van der Waals surface area contributed by atoms with Crippen LogP contribution in [0.3, 0.4) is 0 Å². The molecule has 0 unspecified atom stereocenters. The Bertz CT molecular complexity index is 772. The number of hydrogen-bond donors (Lipinski definition) is 1. The molecule has 0 aliphatic rings. The summed E-state index contributed by atoms with van der Waals surface area (Å²) in [6.07, 6.45) is 0.451. The number of nitriles is 1. The second kappa shape index (κ2) is 9.55. The molecule has 0 bridgehead atoms. The van der Waals surface area contributed by atoms with Crippen LogP contribution in [-0.2, 0) is 17.8 Å². The van der Waals surface area contributed by atoms with Crippen LogP contribution in [0.5, 0.6) is 11.5 Å². The number of carbonyl (C=O) groups is 1. The van der Waals surface area contributed by atoms with Crippen LogP contribution in [0.25, 0.3) is 0 Å². The molecule has 0 aliphatic heterocycles. The van der Waals surface area contributed by atoms with E-state index in [2.05, 4.69) is 5.32 Å². The number of carbonyl (C=O) groups excluding carboxylic acids is 1. The van der Waals surface area contributed by atoms with Gasteiger partial charge in [0, 0.05) is 17.6 Å². The summed E-state index contributed by atoms with van der Waals surface area (Å²) in [6, 6.07) is 14.9. The van der Waals surface area contributed by atoms with Gasteiger partial charge in [-0.1, -0.05) is 29.8 Å². The van der Waals surface area contributed by atoms with Crippen molar-refractivity contribution >= 4 is 17.5 Å². The second-order valence-corrected chi connectivity index (χ2v) is 5.76. The Labute approximate surface area is 152 Å². The second-order valence-electron chi connectivity index (χ2n) is 5.33. The highest BCUT2D eigenvalue weighted by Crippen LogP contribution is 2.26. The number of nitrogens with zero attached hydrogens (tertiary/aromatic N) is 1. The van der Waals surface area contributed by atoms with E-state index in [0.29, 0.717) is 36.1 Å². The minimum absolute atomic E-state index is 0.138. The van der Waals surface area contributed by atoms with E-state index in [-0.39, 0.29) is 12.3 Å². The van der Waals surface area contributed by atoms with Crippen molar-refractivity contribution in [2.24, 2.45) is 0 Å². The zero-order valence-corrected chi connectivity index (χ0v) is 14.7. The number of amides is 1. The van der Waals surface area contributed by atoms with Gasteiger partial charge in [0.25, 0.3) is 0 Å². The topological polar surface area (TPSA) is 71.3 Å². The van der Waals surface area contributed by atoms with E-state index < -0.39 is 0 Å². The molecule has 25 heavy (non-hydrogen) atoms. The molecule has 1 N–H and O–H groups in total. The van der Waals surface area contributed by atoms with Gasteiger partial charge >= 0.3 is 0 Å². The van der Waals surface area contributed by atoms with Crippen molar-refractivity contribution in [3.8, 4) is 17.6 Å². The molecule has 1 amide bonds. The van der Waals surface area contributed by atoms with E-state index in [1.165, 1.54) is 0 Å². The van der Waals surface area contributed by atoms with Crippen LogP contribution < -0.4 is 14.8 Å². The molecular formula is C19H19ClN2O3. The van der Waals surface area contributed by atoms with E-state index in [0.717, 1.165) is 11.1 Å². The molecule has 0 fully saturated rings. The van der Waals surface area contributed by atoms with Gasteiger partial charge in [0.1, 0.15) is 24.5 Å². The lowest BCUT2D eigenvalue weighted by molar-refractivity contribution is -0.120. The maximum Gasteiger partial charge on any atom is 0.234 e. The molecule has 0 saturated carbocycles. The number of benzene rings is 2. The van der Waals surface area contributed by atoms with Crippen molar-refractivity contribution in [1.29, 1.82) is 5.26 Å². The zero-order chi connectivity index (χ0) is 18.1. The lowest BCUT2D eigenvalue weighted by Crippen LogP contribution is -2.25. The van der Waals surface area contributed by atoms with E-state index in [1.807, 2.05) is 48.5 Å². The maximum atomic E-state index is 11.4. The first kappa shape index (κ1) is 18.6. The summed E-state index contributed by atoms with van der Waals surface area (Å²) < 4.78 is 11.2. The van der Waals surface area contributed by atoms with Gasteiger partial charge in [-0.05, 0) is 35.7 Å². The average molecular weight is 359 g/mol. The van der Waals surface area contributed by atoms with Gasteiger partial charge in [-0.2, -0.15) is 5.26 Å². The normalized spacial score (nSPS) is 9.96. The Morgan fingerprint density at radius 1 is 1.28 bits per heavy atom. The van der Waals surface area contributed by atoms with Crippen LogP contribution in [-0.4, -0.2) is 19.6 Å². The summed E-state index contributed by atoms with van der Waals surface area (Å²) in [5, 5.41) is 11.9. The Balaban J connectivity index is 2.03. The molecule has 0 heterocycles. The van der Waals surface area contributed by atoms with Gasteiger partial charge in [-0.3, -0.25) is 4.79 Å². The number of methoxy groups -OCH3 is 1. The Kier molecular flexibility index (Phi) is 7.12. The molecular weight excluding hydrogens is 340 g/mol. The summed E-state index contributed by atoms with van der Waals surface area (Å²) >= 11 is 5.99. The summed E-state index contributed by atoms with van der Waals surface area (Å²) in [7, 11) is 1.60. The molecule has 0 saturated heterocycles. The van der Waals surface area contributed by atoms with E-state index in [4.69, 9.17) is 26.3 Å². The fourth-order valence-corrected chi connectivity index (χ4v) is 2.47. The van der Waals surface area contributed by atoms with Crippen molar-refractivity contribution in [1.82, 2.24) is 5.32 Å². The SMILES string of the molecule is COc1ccc(CCNC(=O)CC#N)c(OCc2cccc(Cl)c2)c1. The smallest absolute Gasteiger partial charge is 0.234 e. The third-order valence-corrected chi connectivity index (χ3v) is 3.75. The fraction of sp³-hybridized carbons (Fsp3) is 0.263. The maximum absolute atomic E-state index is 11.4. The molecule has 130 valence electrons. The number of rotatable bonds is 8. The van der Waals surface area contributed by atoms with Gasteiger partial charge in [0.15, 0.2) is 0 Å². The Morgan fingerprint density at radius 2 is 2.12 bits per heavy atom. The highest BCUT2D eigenvalue weighted by Gasteiger charge is 2.08. The Morgan fingerprint density at radius 3 is 2.84 bits per heavy atom. The van der Waals surface area contributed by atoms with E-state index >= 15 is 0 Å². The summed E-state index contributed by atoms with van der Waals surface area (Å²) in [5.41, 5.74) is 1.91. The monoisotopic (exact) mass is 358 g/mol. The van der Waals surface area contributed by atoms with Crippen molar-refractivity contribution in [3.05, 3.63) is 58.6 Å². The molecule has 2 aromatic rings. The molecule has 5 nitrogen and oxygen atoms in total. The first-order chi connectivity index (χ1) is 12.1. The summed E-state index contributed by atoms with van der Waals surface area (Å²) in [4.78, 5) is 11.4. The Hall–Kier alpha value is -2.71. The van der Waals surface area contributed by atoms with Crippen molar-refractivity contribution in [2.75, 3.05) is 13.7 Å². The lowest BCUT2D eigenvalue weighted by Gasteiger charge is -2.13. The third kappa shape index (κ3) is 6.02. The van der Waals surface area contributed by atoms with Gasteiger partial charge < -0.3 is 14.8 Å². The molecule has 6 heteroatoms. The van der Waals surface area contributed by atoms with Gasteiger partial charge in [0.05, 0.1) is 13.2 Å². The van der Waals surface area contributed by atoms with Crippen molar-refractivity contribution in [3.63, 3.8) is 0 Å². The zero-order valence-electron chi connectivity index (χ0n) is 13.9. The standard InChI is InChI=1S/C19H19ClN2O3/c1-24-17-6-5-15(8-10-22-19(23)7-9-21)18(12-17)25-13-14-3-2-4-16(20)11-14/h2-6,11-12H,7-8,10,13H2,1H3,(H,22,23). The van der Waals surface area contributed by atoms with Crippen molar-refractivity contribution < 1.29 is 14.3 Å². The molecule has 0 atom stereocenters. The molecule has 0 radical (unpaired) electrons. The van der Waals surface area contributed by atoms with Crippen LogP contribution >= 0.6 is 11.6 Å². The molecule has 0 aliphatic carbocycles. The third-order valence-electron chi connectivity index (χ3n) is 3.51. The van der Waals surface area contributed by atoms with Crippen LogP contribution in [0.2, 0.25) is 5.02 Å². The van der Waals surface area contributed by atoms with Crippen LogP contribution in [0.4, 0.5) is 0 Å². The highest BCUT2D eigenvalue weighted by molar-refractivity contribution is 6.30. The van der Waals surface area contributed by atoms with Crippen LogP contribution in [0.1, 0.15) is 17.5 Å². The first-order valence-corrected chi connectivity index (χ1v) is 8.18. The summed E-state index contributed by atoms with van der Waals surface area (Å²) in [6.45, 7) is 0.807.